The maximum atomic E-state index is 12.6. The van der Waals surface area contributed by atoms with Crippen LogP contribution in [-0.2, 0) is 12.8 Å². The second-order valence-electron chi connectivity index (χ2n) is 4.92. The summed E-state index contributed by atoms with van der Waals surface area (Å²) in [5.41, 5.74) is 0.832. The number of thiazole rings is 1. The second kappa shape index (κ2) is 7.01. The van der Waals surface area contributed by atoms with Crippen molar-refractivity contribution in [2.24, 2.45) is 0 Å². The lowest BCUT2D eigenvalue weighted by atomic mass is 10.2. The normalized spacial score (nSPS) is 10.9. The predicted molar refractivity (Wildman–Crippen MR) is 92.7 cm³/mol. The number of carbonyl (C=O) groups is 1. The fourth-order valence-corrected chi connectivity index (χ4v) is 3.75. The molecule has 8 heteroatoms. The number of anilines is 1. The molecule has 3 aromatic heterocycles. The molecule has 0 unspecified atom stereocenters. The third-order valence-corrected chi connectivity index (χ3v) is 5.29. The number of aryl methyl sites for hydroxylation is 2. The molecule has 23 heavy (non-hydrogen) atoms. The zero-order valence-corrected chi connectivity index (χ0v) is 14.6. The van der Waals surface area contributed by atoms with Crippen molar-refractivity contribution >= 4 is 33.7 Å². The summed E-state index contributed by atoms with van der Waals surface area (Å²) in [6.45, 7) is 4.09. The fourth-order valence-electron chi connectivity index (χ4n) is 2.10. The molecule has 0 aliphatic carbocycles. The standard InChI is InChI=1S/C15H17N5OS2/c1-3-7-10-12(23-15(16-10)20-8-5-6-9-20)13(21)17-14-19-18-11(4-2)22-14/h5-6,8-9H,3-4,7H2,1-2H3,(H,17,19,21). The van der Waals surface area contributed by atoms with Crippen molar-refractivity contribution in [2.45, 2.75) is 33.1 Å². The number of hydrogen-bond acceptors (Lipinski definition) is 6. The zero-order valence-electron chi connectivity index (χ0n) is 12.9. The number of nitrogens with one attached hydrogen (secondary N) is 1. The molecule has 0 aliphatic rings. The minimum Gasteiger partial charge on any atom is -0.300 e. The molecule has 3 heterocycles. The van der Waals surface area contributed by atoms with Gasteiger partial charge in [-0.15, -0.1) is 10.2 Å². The van der Waals surface area contributed by atoms with E-state index < -0.39 is 0 Å². The van der Waals surface area contributed by atoms with Gasteiger partial charge in [-0.25, -0.2) is 4.98 Å². The molecule has 0 spiro atoms. The summed E-state index contributed by atoms with van der Waals surface area (Å²) >= 11 is 2.80. The van der Waals surface area contributed by atoms with Gasteiger partial charge in [0.25, 0.3) is 5.91 Å². The molecule has 3 rings (SSSR count). The quantitative estimate of drug-likeness (QED) is 0.740. The van der Waals surface area contributed by atoms with Crippen molar-refractivity contribution in [1.82, 2.24) is 19.7 Å². The van der Waals surface area contributed by atoms with Crippen LogP contribution in [0.15, 0.2) is 24.5 Å². The van der Waals surface area contributed by atoms with E-state index in [9.17, 15) is 4.79 Å². The van der Waals surface area contributed by atoms with Crippen molar-refractivity contribution in [1.29, 1.82) is 0 Å². The SMILES string of the molecule is CCCc1nc(-n2cccc2)sc1C(=O)Nc1nnc(CC)s1. The molecule has 0 radical (unpaired) electrons. The molecule has 0 aliphatic heterocycles. The first-order valence-electron chi connectivity index (χ1n) is 7.48. The summed E-state index contributed by atoms with van der Waals surface area (Å²) in [6.07, 6.45) is 6.38. The molecule has 0 atom stereocenters. The van der Waals surface area contributed by atoms with Crippen LogP contribution < -0.4 is 5.32 Å². The lowest BCUT2D eigenvalue weighted by Crippen LogP contribution is -2.12. The van der Waals surface area contributed by atoms with E-state index in [1.54, 1.807) is 0 Å². The highest BCUT2D eigenvalue weighted by molar-refractivity contribution is 7.17. The van der Waals surface area contributed by atoms with Gasteiger partial charge in [0.1, 0.15) is 9.88 Å². The fraction of sp³-hybridized carbons (Fsp3) is 0.333. The number of hydrogen-bond donors (Lipinski definition) is 1. The van der Waals surface area contributed by atoms with Crippen molar-refractivity contribution < 1.29 is 4.79 Å². The Hall–Kier alpha value is -2.06. The Morgan fingerprint density at radius 3 is 2.65 bits per heavy atom. The first-order chi connectivity index (χ1) is 11.2. The van der Waals surface area contributed by atoms with Gasteiger partial charge in [-0.2, -0.15) is 0 Å². The smallest absolute Gasteiger partial charge is 0.269 e. The topological polar surface area (TPSA) is 72.7 Å². The summed E-state index contributed by atoms with van der Waals surface area (Å²) in [7, 11) is 0. The Balaban J connectivity index is 1.86. The minimum atomic E-state index is -0.164. The number of nitrogens with zero attached hydrogens (tertiary/aromatic N) is 4. The number of rotatable bonds is 6. The van der Waals surface area contributed by atoms with Crippen molar-refractivity contribution in [3.63, 3.8) is 0 Å². The van der Waals surface area contributed by atoms with Crippen LogP contribution in [0.5, 0.6) is 0 Å². The van der Waals surface area contributed by atoms with Crippen LogP contribution in [0.25, 0.3) is 5.13 Å². The molecule has 0 saturated carbocycles. The zero-order chi connectivity index (χ0) is 16.2. The van der Waals surface area contributed by atoms with Crippen LogP contribution in [0.2, 0.25) is 0 Å². The first-order valence-corrected chi connectivity index (χ1v) is 9.11. The van der Waals surface area contributed by atoms with E-state index in [1.165, 1.54) is 22.7 Å². The summed E-state index contributed by atoms with van der Waals surface area (Å²) < 4.78 is 1.92. The Morgan fingerprint density at radius 1 is 1.22 bits per heavy atom. The third-order valence-electron chi connectivity index (χ3n) is 3.19. The lowest BCUT2D eigenvalue weighted by molar-refractivity contribution is 0.102. The predicted octanol–water partition coefficient (Wildman–Crippen LogP) is 3.55. The van der Waals surface area contributed by atoms with Gasteiger partial charge in [0.05, 0.1) is 5.69 Å². The molecule has 0 bridgehead atoms. The van der Waals surface area contributed by atoms with Crippen LogP contribution in [0.3, 0.4) is 0 Å². The molecule has 1 N–H and O–H groups in total. The second-order valence-corrected chi connectivity index (χ2v) is 6.96. The molecule has 3 aromatic rings. The van der Waals surface area contributed by atoms with Gasteiger partial charge >= 0.3 is 0 Å². The highest BCUT2D eigenvalue weighted by atomic mass is 32.1. The molecular weight excluding hydrogens is 330 g/mol. The number of amides is 1. The number of aromatic nitrogens is 4. The maximum absolute atomic E-state index is 12.6. The largest absolute Gasteiger partial charge is 0.300 e. The van der Waals surface area contributed by atoms with Crippen LogP contribution in [-0.4, -0.2) is 25.7 Å². The van der Waals surface area contributed by atoms with Gasteiger partial charge in [-0.3, -0.25) is 10.1 Å². The molecule has 0 fully saturated rings. The Kier molecular flexibility index (Phi) is 4.82. The van der Waals surface area contributed by atoms with Gasteiger partial charge in [-0.1, -0.05) is 42.9 Å². The van der Waals surface area contributed by atoms with Crippen LogP contribution in [0.4, 0.5) is 5.13 Å². The number of carbonyl (C=O) groups excluding carboxylic acids is 1. The van der Waals surface area contributed by atoms with Gasteiger partial charge in [0.2, 0.25) is 5.13 Å². The molecule has 6 nitrogen and oxygen atoms in total. The minimum absolute atomic E-state index is 0.164. The lowest BCUT2D eigenvalue weighted by Gasteiger charge is -2.00. The molecule has 120 valence electrons. The summed E-state index contributed by atoms with van der Waals surface area (Å²) in [4.78, 5) is 17.8. The van der Waals surface area contributed by atoms with Crippen LogP contribution >= 0.6 is 22.7 Å². The van der Waals surface area contributed by atoms with E-state index in [2.05, 4.69) is 27.4 Å². The van der Waals surface area contributed by atoms with Crippen molar-refractivity contribution in [2.75, 3.05) is 5.32 Å². The molecular formula is C15H17N5OS2. The third kappa shape index (κ3) is 3.48. The van der Waals surface area contributed by atoms with E-state index in [1.807, 2.05) is 36.0 Å². The van der Waals surface area contributed by atoms with Crippen molar-refractivity contribution in [3.8, 4) is 5.13 Å². The summed E-state index contributed by atoms with van der Waals surface area (Å²) in [5.74, 6) is -0.164. The van der Waals surface area contributed by atoms with Crippen LogP contribution in [0, 0.1) is 0 Å². The maximum Gasteiger partial charge on any atom is 0.269 e. The van der Waals surface area contributed by atoms with Crippen LogP contribution in [0.1, 0.15) is 40.6 Å². The van der Waals surface area contributed by atoms with E-state index in [4.69, 9.17) is 0 Å². The Labute approximate surface area is 142 Å². The highest BCUT2D eigenvalue weighted by Gasteiger charge is 2.19. The van der Waals surface area contributed by atoms with Gasteiger partial charge in [0.15, 0.2) is 5.13 Å². The van der Waals surface area contributed by atoms with Gasteiger partial charge in [0, 0.05) is 12.4 Å². The van der Waals surface area contributed by atoms with Gasteiger partial charge in [-0.05, 0) is 25.0 Å². The van der Waals surface area contributed by atoms with E-state index >= 15 is 0 Å². The van der Waals surface area contributed by atoms with E-state index in [0.29, 0.717) is 10.0 Å². The average molecular weight is 347 g/mol. The summed E-state index contributed by atoms with van der Waals surface area (Å²) in [6, 6.07) is 3.88. The Morgan fingerprint density at radius 2 is 2.00 bits per heavy atom. The average Bonchev–Trinajstić information content (AvgIpc) is 3.27. The molecule has 0 saturated heterocycles. The molecule has 1 amide bonds. The first kappa shape index (κ1) is 15.8. The Bertz CT molecular complexity index is 791. The molecule has 0 aromatic carbocycles. The highest BCUT2D eigenvalue weighted by Crippen LogP contribution is 2.25. The van der Waals surface area contributed by atoms with E-state index in [0.717, 1.165) is 35.1 Å². The summed E-state index contributed by atoms with van der Waals surface area (Å²) in [5, 5.41) is 13.1. The monoisotopic (exact) mass is 347 g/mol. The van der Waals surface area contributed by atoms with E-state index in [-0.39, 0.29) is 5.91 Å². The van der Waals surface area contributed by atoms with Crippen molar-refractivity contribution in [3.05, 3.63) is 40.1 Å². The van der Waals surface area contributed by atoms with Gasteiger partial charge < -0.3 is 4.57 Å².